The van der Waals surface area contributed by atoms with Crippen molar-refractivity contribution in [1.29, 1.82) is 0 Å². The summed E-state index contributed by atoms with van der Waals surface area (Å²) in [7, 11) is -36.7. The topological polar surface area (TPSA) is 206 Å². The van der Waals surface area contributed by atoms with E-state index in [0.717, 1.165) is 0 Å². The zero-order valence-corrected chi connectivity index (χ0v) is 31.0. The van der Waals surface area contributed by atoms with E-state index >= 15 is 0 Å². The monoisotopic (exact) mass is 1040 g/mol. The molecule has 0 saturated carbocycles. The zero-order chi connectivity index (χ0) is 45.3. The largest absolute Gasteiger partial charge is 1.00 e. The Hall–Kier alpha value is -1.29. The fourth-order valence-corrected chi connectivity index (χ4v) is 3.71. The molecule has 0 bridgehead atoms. The van der Waals surface area contributed by atoms with Gasteiger partial charge in [-0.2, -0.15) is 130 Å². The van der Waals surface area contributed by atoms with E-state index in [2.05, 4.69) is 4.18 Å². The summed E-state index contributed by atoms with van der Waals surface area (Å²) < 4.78 is 392. The molecule has 0 N–H and O–H groups in total. The van der Waals surface area contributed by atoms with E-state index in [1.807, 2.05) is 0 Å². The van der Waals surface area contributed by atoms with Gasteiger partial charge in [0.15, 0.2) is 0 Å². The summed E-state index contributed by atoms with van der Waals surface area (Å²) in [5.74, 6) is -19.8. The maximum absolute atomic E-state index is 13.6. The number of ketones is 1. The molecule has 0 saturated heterocycles. The first-order chi connectivity index (χ1) is 22.8. The van der Waals surface area contributed by atoms with E-state index in [9.17, 15) is 150 Å². The van der Waals surface area contributed by atoms with Crippen LogP contribution in [-0.2, 0) is 65.1 Å². The Balaban J connectivity index is -0.000000177. The minimum Gasteiger partial charge on any atom is -1.00 e. The number of carbonyl (C=O) groups excluding carboxylic acids is 1. The number of halogens is 25. The molecule has 0 aromatic rings. The van der Waals surface area contributed by atoms with Gasteiger partial charge < -0.3 is 4.70 Å². The summed E-state index contributed by atoms with van der Waals surface area (Å²) in [6.07, 6.45) is -20.2. The molecule has 13 nitrogen and oxygen atoms in total. The van der Waals surface area contributed by atoms with Crippen LogP contribution in [0.1, 0.15) is 7.43 Å². The Bertz CT molecular complexity index is 1950. The molecule has 0 amide bonds. The van der Waals surface area contributed by atoms with E-state index in [0.29, 0.717) is 0 Å². The van der Waals surface area contributed by atoms with Crippen LogP contribution in [0.15, 0.2) is 23.8 Å². The van der Waals surface area contributed by atoms with Gasteiger partial charge in [-0.1, -0.05) is 26.9 Å². The predicted octanol–water partition coefficient (Wildman–Crippen LogP) is -0.00510. The third kappa shape index (κ3) is 16.3. The van der Waals surface area contributed by atoms with Crippen molar-refractivity contribution in [3.63, 3.8) is 0 Å². The molecule has 0 aliphatic heterocycles. The summed E-state index contributed by atoms with van der Waals surface area (Å²) in [5.41, 5.74) is 0. The van der Waals surface area contributed by atoms with Crippen LogP contribution in [0.2, 0.25) is 0 Å². The first-order valence-electron chi connectivity index (χ1n) is 9.83. The van der Waals surface area contributed by atoms with Gasteiger partial charge in [0.2, 0.25) is 0 Å². The maximum Gasteiger partial charge on any atom is 1.00 e. The molecule has 0 aromatic carbocycles. The minimum absolute atomic E-state index is 0. The molecule has 57 heavy (non-hydrogen) atoms. The maximum atomic E-state index is 13.6. The molecule has 44 heteroatoms. The first-order valence-corrected chi connectivity index (χ1v) is 16.7. The van der Waals surface area contributed by atoms with Crippen molar-refractivity contribution < 1.29 is 215 Å². The second kappa shape index (κ2) is 20.5. The van der Waals surface area contributed by atoms with Gasteiger partial charge in [0.1, 0.15) is 0 Å². The average molecular weight is 1040 g/mol. The van der Waals surface area contributed by atoms with E-state index in [1.54, 1.807) is 4.74 Å². The molecular formula is C13H4F25KO13S5. The summed E-state index contributed by atoms with van der Waals surface area (Å²) in [4.78, 5) is 10.0. The van der Waals surface area contributed by atoms with Gasteiger partial charge >= 0.3 is 160 Å². The molecule has 0 atom stereocenters. The summed E-state index contributed by atoms with van der Waals surface area (Å²) in [5, 5.41) is -28.0. The molecule has 340 valence electrons. The van der Waals surface area contributed by atoms with Gasteiger partial charge in [-0.3, -0.25) is 9.53 Å². The number of Topliss-reactive ketones (excluding diaryl/α,β-unsaturated/α-hetero) is 1. The zero-order valence-electron chi connectivity index (χ0n) is 23.8. The number of hydrogen-bond donors (Lipinski definition) is 0. The van der Waals surface area contributed by atoms with Crippen molar-refractivity contribution in [2.45, 2.75) is 46.5 Å². The fourth-order valence-electron chi connectivity index (χ4n) is 1.60. The molecule has 0 fully saturated rings. The SMILES string of the molecule is C.O=C(C(F)(F)S(=O)(=O)F)C(F)(F)S(=O)(=O)F.O=S(=O)(F)C(F)(F)C(F)(OC(F)(F)C(F)=C(F)F)C(F)(F)S(=O)(=O)F.O=S(=O)(F)OC(F)(F)C(F)=C(F)F.[F-].[K+]. The van der Waals surface area contributed by atoms with Crippen LogP contribution in [0.5, 0.6) is 0 Å². The molecule has 0 radical (unpaired) electrons. The summed E-state index contributed by atoms with van der Waals surface area (Å²) in [6, 6.07) is 0. The van der Waals surface area contributed by atoms with E-state index in [4.69, 9.17) is 0 Å². The van der Waals surface area contributed by atoms with Crippen molar-refractivity contribution in [3.8, 4) is 0 Å². The summed E-state index contributed by atoms with van der Waals surface area (Å²) >= 11 is 0. The molecule has 0 spiro atoms. The van der Waals surface area contributed by atoms with Crippen LogP contribution >= 0.6 is 0 Å². The minimum atomic E-state index is -8.13. The van der Waals surface area contributed by atoms with E-state index < -0.39 is 120 Å². The van der Waals surface area contributed by atoms with Crippen molar-refractivity contribution in [1.82, 2.24) is 0 Å². The number of rotatable bonds is 14. The Morgan fingerprint density at radius 2 is 0.667 bits per heavy atom. The van der Waals surface area contributed by atoms with Gasteiger partial charge in [0, 0.05) is 0 Å². The van der Waals surface area contributed by atoms with Crippen LogP contribution in [0.3, 0.4) is 0 Å². The Morgan fingerprint density at radius 1 is 0.439 bits per heavy atom. The normalized spacial score (nSPS) is 13.8. The van der Waals surface area contributed by atoms with Gasteiger partial charge in [0.25, 0.3) is 11.7 Å². The second-order valence-electron chi connectivity index (χ2n) is 7.50. The van der Waals surface area contributed by atoms with Crippen LogP contribution in [0.4, 0.5) is 103 Å². The van der Waals surface area contributed by atoms with Crippen LogP contribution in [-0.4, -0.2) is 87.0 Å². The van der Waals surface area contributed by atoms with Gasteiger partial charge in [-0.05, 0) is 0 Å². The molecular weight excluding hydrogens is 1040 g/mol. The molecule has 0 rings (SSSR count). The first kappa shape index (κ1) is 67.5. The standard InChI is InChI=1S/C6F12O5S2.C3F6O5S2.C3F6O3S.CH4.FH.K/c7-1(2(8)9)3(10,11)23-4(12,5(13,14)24(17,19)20)6(15,16)25(18,21)22;4-2(5,15(8,11)12)1(10)3(6,7)16(9,13)14;4-1(2(5)6)3(7,8)12-13(9,10)11;;;/h;;;1H4;1H;/q;;;;;+1/p-1. The molecule has 0 unspecified atom stereocenters. The Kier molecular flexibility index (Phi) is 24.3. The Labute approximate surface area is 340 Å². The fraction of sp³-hybridized carbons (Fsp3) is 0.615. The van der Waals surface area contributed by atoms with E-state index in [1.165, 1.54) is 0 Å². The Morgan fingerprint density at radius 3 is 0.842 bits per heavy atom. The van der Waals surface area contributed by atoms with Crippen LogP contribution < -0.4 is 56.1 Å². The quantitative estimate of drug-likeness (QED) is 0.128. The number of carbonyl (C=O) groups is 1. The molecule has 0 aromatic heterocycles. The molecule has 0 aliphatic carbocycles. The van der Waals surface area contributed by atoms with Gasteiger partial charge in [-0.25, -0.2) is 0 Å². The van der Waals surface area contributed by atoms with Gasteiger partial charge in [0.05, 0.1) is 0 Å². The van der Waals surface area contributed by atoms with Crippen molar-refractivity contribution in [2.75, 3.05) is 0 Å². The third-order valence-electron chi connectivity index (χ3n) is 3.82. The number of ether oxygens (including phenoxy) is 1. The van der Waals surface area contributed by atoms with Crippen molar-refractivity contribution >= 4 is 57.2 Å². The second-order valence-corrected chi connectivity index (χ2v) is 14.0. The average Bonchev–Trinajstić information content (AvgIpc) is 2.87. The van der Waals surface area contributed by atoms with E-state index in [-0.39, 0.29) is 63.5 Å². The van der Waals surface area contributed by atoms with Crippen molar-refractivity contribution in [3.05, 3.63) is 23.8 Å². The van der Waals surface area contributed by atoms with Gasteiger partial charge in [-0.15, -0.1) is 0 Å². The van der Waals surface area contributed by atoms with Crippen LogP contribution in [0.25, 0.3) is 0 Å². The third-order valence-corrected chi connectivity index (χ3v) is 7.57. The molecule has 0 heterocycles. The smallest absolute Gasteiger partial charge is 1.00 e. The predicted molar refractivity (Wildman–Crippen MR) is 118 cm³/mol. The van der Waals surface area contributed by atoms with Crippen LogP contribution in [0, 0.1) is 0 Å². The molecule has 0 aliphatic rings. The number of alkyl halides is 13. The summed E-state index contributed by atoms with van der Waals surface area (Å²) in [6.45, 7) is 0. The van der Waals surface area contributed by atoms with Crippen molar-refractivity contribution in [2.24, 2.45) is 0 Å². The number of hydrogen-bond acceptors (Lipinski definition) is 13.